The number of nitrogens with two attached hydrogens (primary N) is 1. The number of allylic oxidation sites excluding steroid dienone is 2. The van der Waals surface area contributed by atoms with Crippen LogP contribution in [0.1, 0.15) is 26.2 Å². The van der Waals surface area contributed by atoms with E-state index in [-0.39, 0.29) is 0 Å². The first-order valence-electron chi connectivity index (χ1n) is 3.72. The molecule has 1 aliphatic carbocycles. The zero-order valence-electron chi connectivity index (χ0n) is 6.35. The van der Waals surface area contributed by atoms with Crippen molar-refractivity contribution >= 4 is 6.21 Å². The van der Waals surface area contributed by atoms with E-state index in [9.17, 15) is 0 Å². The Labute approximate surface area is 61.6 Å². The molecule has 0 fully saturated rings. The third-order valence-corrected chi connectivity index (χ3v) is 2.06. The largest absolute Gasteiger partial charge is 0.402 e. The van der Waals surface area contributed by atoms with E-state index >= 15 is 0 Å². The molecule has 2 heteroatoms. The van der Waals surface area contributed by atoms with Gasteiger partial charge in [-0.3, -0.25) is 0 Å². The fourth-order valence-corrected chi connectivity index (χ4v) is 1.34. The molecule has 0 aromatic heterocycles. The van der Waals surface area contributed by atoms with E-state index in [0.717, 1.165) is 24.1 Å². The zero-order valence-corrected chi connectivity index (χ0v) is 6.35. The Bertz CT molecular complexity index is 170. The van der Waals surface area contributed by atoms with Crippen LogP contribution in [-0.2, 0) is 0 Å². The average molecular weight is 138 g/mol. The van der Waals surface area contributed by atoms with Crippen molar-refractivity contribution in [3.63, 3.8) is 0 Å². The van der Waals surface area contributed by atoms with Crippen molar-refractivity contribution in [1.29, 1.82) is 5.41 Å². The molecule has 1 atom stereocenters. The monoisotopic (exact) mass is 138 g/mol. The Morgan fingerprint density at radius 3 is 2.90 bits per heavy atom. The van der Waals surface area contributed by atoms with Gasteiger partial charge in [0.05, 0.1) is 0 Å². The molecule has 1 aliphatic rings. The summed E-state index contributed by atoms with van der Waals surface area (Å²) in [6.07, 6.45) is 4.55. The van der Waals surface area contributed by atoms with Gasteiger partial charge in [0.25, 0.3) is 0 Å². The molecule has 0 aromatic rings. The molecule has 1 unspecified atom stereocenters. The summed E-state index contributed by atoms with van der Waals surface area (Å²) < 4.78 is 0. The molecule has 2 nitrogen and oxygen atoms in total. The van der Waals surface area contributed by atoms with Gasteiger partial charge >= 0.3 is 0 Å². The van der Waals surface area contributed by atoms with Crippen molar-refractivity contribution in [1.82, 2.24) is 0 Å². The fraction of sp³-hybridized carbons (Fsp3) is 0.625. The van der Waals surface area contributed by atoms with Gasteiger partial charge in [0.15, 0.2) is 0 Å². The van der Waals surface area contributed by atoms with E-state index < -0.39 is 0 Å². The summed E-state index contributed by atoms with van der Waals surface area (Å²) in [4.78, 5) is 0. The summed E-state index contributed by atoms with van der Waals surface area (Å²) in [7, 11) is 0. The van der Waals surface area contributed by atoms with Crippen molar-refractivity contribution in [2.75, 3.05) is 0 Å². The van der Waals surface area contributed by atoms with Gasteiger partial charge in [-0.2, -0.15) is 0 Å². The van der Waals surface area contributed by atoms with Gasteiger partial charge in [0.1, 0.15) is 0 Å². The van der Waals surface area contributed by atoms with E-state index in [1.165, 1.54) is 12.6 Å². The molecular weight excluding hydrogens is 124 g/mol. The smallest absolute Gasteiger partial charge is 0.0227 e. The summed E-state index contributed by atoms with van der Waals surface area (Å²) >= 11 is 0. The van der Waals surface area contributed by atoms with Crippen LogP contribution in [-0.4, -0.2) is 6.21 Å². The topological polar surface area (TPSA) is 49.9 Å². The average Bonchev–Trinajstić information content (AvgIpc) is 1.88. The van der Waals surface area contributed by atoms with E-state index in [0.29, 0.717) is 5.92 Å². The molecule has 0 heterocycles. The summed E-state index contributed by atoms with van der Waals surface area (Å²) in [5, 5.41) is 7.03. The lowest BCUT2D eigenvalue weighted by molar-refractivity contribution is 0.501. The second kappa shape index (κ2) is 2.86. The van der Waals surface area contributed by atoms with Crippen molar-refractivity contribution < 1.29 is 0 Å². The molecule has 0 spiro atoms. The minimum Gasteiger partial charge on any atom is -0.402 e. The van der Waals surface area contributed by atoms with E-state index in [1.54, 1.807) is 0 Å². The highest BCUT2D eigenvalue weighted by Crippen LogP contribution is 2.24. The highest BCUT2D eigenvalue weighted by molar-refractivity contribution is 5.76. The van der Waals surface area contributed by atoms with Crippen LogP contribution in [0.3, 0.4) is 0 Å². The SMILES string of the molecule is CC1CCC(C=N)=C(N)C1. The minimum absolute atomic E-state index is 0.712. The Morgan fingerprint density at radius 2 is 2.40 bits per heavy atom. The molecule has 0 bridgehead atoms. The van der Waals surface area contributed by atoms with Crippen molar-refractivity contribution in [3.05, 3.63) is 11.3 Å². The quantitative estimate of drug-likeness (QED) is 0.532. The van der Waals surface area contributed by atoms with Crippen LogP contribution >= 0.6 is 0 Å². The predicted molar refractivity (Wildman–Crippen MR) is 43.0 cm³/mol. The van der Waals surface area contributed by atoms with Crippen molar-refractivity contribution in [3.8, 4) is 0 Å². The molecule has 3 N–H and O–H groups in total. The fourth-order valence-electron chi connectivity index (χ4n) is 1.34. The highest BCUT2D eigenvalue weighted by Gasteiger charge is 2.13. The lowest BCUT2D eigenvalue weighted by Crippen LogP contribution is -2.13. The zero-order chi connectivity index (χ0) is 7.56. The van der Waals surface area contributed by atoms with Gasteiger partial charge in [-0.15, -0.1) is 0 Å². The molecule has 0 radical (unpaired) electrons. The number of hydrogen-bond acceptors (Lipinski definition) is 2. The molecule has 0 aliphatic heterocycles. The van der Waals surface area contributed by atoms with Crippen LogP contribution in [0, 0.1) is 11.3 Å². The summed E-state index contributed by atoms with van der Waals surface area (Å²) in [6, 6.07) is 0. The van der Waals surface area contributed by atoms with Gasteiger partial charge in [-0.25, -0.2) is 0 Å². The molecular formula is C8H14N2. The summed E-state index contributed by atoms with van der Waals surface area (Å²) in [5.41, 5.74) is 7.67. The van der Waals surface area contributed by atoms with Gasteiger partial charge in [0.2, 0.25) is 0 Å². The molecule has 10 heavy (non-hydrogen) atoms. The van der Waals surface area contributed by atoms with E-state index in [2.05, 4.69) is 6.92 Å². The molecule has 56 valence electrons. The van der Waals surface area contributed by atoms with Gasteiger partial charge < -0.3 is 11.1 Å². The molecule has 0 saturated heterocycles. The molecule has 0 saturated carbocycles. The Balaban J connectivity index is 2.70. The van der Waals surface area contributed by atoms with Gasteiger partial charge in [-0.1, -0.05) is 6.92 Å². The Morgan fingerprint density at radius 1 is 1.70 bits per heavy atom. The maximum absolute atomic E-state index is 7.03. The number of hydrogen-bond donors (Lipinski definition) is 2. The summed E-state index contributed by atoms with van der Waals surface area (Å²) in [6.45, 7) is 2.20. The third-order valence-electron chi connectivity index (χ3n) is 2.06. The Hall–Kier alpha value is -0.790. The lowest BCUT2D eigenvalue weighted by Gasteiger charge is -2.19. The van der Waals surface area contributed by atoms with Crippen LogP contribution in [0.2, 0.25) is 0 Å². The maximum Gasteiger partial charge on any atom is 0.0227 e. The first kappa shape index (κ1) is 7.32. The molecule has 0 amide bonds. The van der Waals surface area contributed by atoms with Gasteiger partial charge in [0, 0.05) is 11.9 Å². The normalized spacial score (nSPS) is 26.7. The lowest BCUT2D eigenvalue weighted by atomic mass is 9.89. The third kappa shape index (κ3) is 1.38. The van der Waals surface area contributed by atoms with Crippen LogP contribution < -0.4 is 5.73 Å². The Kier molecular flexibility index (Phi) is 2.10. The van der Waals surface area contributed by atoms with E-state index in [4.69, 9.17) is 11.1 Å². The second-order valence-electron chi connectivity index (χ2n) is 3.04. The van der Waals surface area contributed by atoms with Crippen LogP contribution in [0.5, 0.6) is 0 Å². The van der Waals surface area contributed by atoms with E-state index in [1.807, 2.05) is 0 Å². The maximum atomic E-state index is 7.03. The standard InChI is InChI=1S/C8H14N2/c1-6-2-3-7(5-9)8(10)4-6/h5-6,9H,2-4,10H2,1H3. The van der Waals surface area contributed by atoms with Gasteiger partial charge in [-0.05, 0) is 30.8 Å². The van der Waals surface area contributed by atoms with Crippen LogP contribution in [0.15, 0.2) is 11.3 Å². The number of rotatable bonds is 1. The van der Waals surface area contributed by atoms with Crippen LogP contribution in [0.4, 0.5) is 0 Å². The van der Waals surface area contributed by atoms with Crippen LogP contribution in [0.25, 0.3) is 0 Å². The molecule has 1 rings (SSSR count). The first-order chi connectivity index (χ1) is 4.74. The van der Waals surface area contributed by atoms with Crippen molar-refractivity contribution in [2.24, 2.45) is 11.7 Å². The second-order valence-corrected chi connectivity index (χ2v) is 3.04. The molecule has 0 aromatic carbocycles. The minimum atomic E-state index is 0.712. The predicted octanol–water partition coefficient (Wildman–Crippen LogP) is 1.67. The number of nitrogens with one attached hydrogen (secondary N) is 1. The van der Waals surface area contributed by atoms with Crippen molar-refractivity contribution in [2.45, 2.75) is 26.2 Å². The highest BCUT2D eigenvalue weighted by atomic mass is 14.6. The first-order valence-corrected chi connectivity index (χ1v) is 3.72. The summed E-state index contributed by atoms with van der Waals surface area (Å²) in [5.74, 6) is 0.712.